The Morgan fingerprint density at radius 1 is 0.967 bits per heavy atom. The largest absolute Gasteiger partial charge is 0.495 e. The van der Waals surface area contributed by atoms with Gasteiger partial charge in [-0.05, 0) is 50.1 Å². The lowest BCUT2D eigenvalue weighted by Gasteiger charge is -2.16. The van der Waals surface area contributed by atoms with Crippen molar-refractivity contribution < 1.29 is 28.5 Å². The predicted molar refractivity (Wildman–Crippen MR) is 114 cm³/mol. The van der Waals surface area contributed by atoms with Crippen LogP contribution >= 0.6 is 0 Å². The fourth-order valence-corrected chi connectivity index (χ4v) is 2.54. The van der Waals surface area contributed by atoms with Crippen LogP contribution in [0.3, 0.4) is 0 Å². The summed E-state index contributed by atoms with van der Waals surface area (Å²) in [5.74, 6) is 0.793. The van der Waals surface area contributed by atoms with Gasteiger partial charge in [-0.2, -0.15) is 0 Å². The molecule has 0 fully saturated rings. The van der Waals surface area contributed by atoms with Gasteiger partial charge < -0.3 is 24.3 Å². The number of anilines is 1. The Bertz CT molecular complexity index is 865. The number of benzene rings is 2. The molecule has 0 aliphatic carbocycles. The van der Waals surface area contributed by atoms with Crippen molar-refractivity contribution in [3.63, 3.8) is 0 Å². The molecule has 7 heteroatoms. The zero-order valence-electron chi connectivity index (χ0n) is 18.1. The minimum absolute atomic E-state index is 0.271. The number of rotatable bonds is 10. The fraction of sp³-hybridized carbons (Fsp3) is 0.391. The lowest BCUT2D eigenvalue weighted by molar-refractivity contribution is -0.123. The van der Waals surface area contributed by atoms with Crippen LogP contribution in [0.2, 0.25) is 0 Å². The van der Waals surface area contributed by atoms with Gasteiger partial charge in [0.1, 0.15) is 5.75 Å². The maximum absolute atomic E-state index is 12.5. The zero-order chi connectivity index (χ0) is 22.1. The molecule has 0 radical (unpaired) electrons. The summed E-state index contributed by atoms with van der Waals surface area (Å²) in [6.45, 7) is 8.40. The Morgan fingerprint density at radius 2 is 1.70 bits per heavy atom. The summed E-state index contributed by atoms with van der Waals surface area (Å²) in [6, 6.07) is 11.8. The number of ether oxygens (including phenoxy) is 4. The first-order chi connectivity index (χ1) is 14.3. The van der Waals surface area contributed by atoms with Crippen molar-refractivity contribution in [3.8, 4) is 17.2 Å². The van der Waals surface area contributed by atoms with E-state index >= 15 is 0 Å². The predicted octanol–water partition coefficient (Wildman–Crippen LogP) is 4.31. The molecule has 1 N–H and O–H groups in total. The molecule has 0 saturated carbocycles. The number of methoxy groups -OCH3 is 1. The Hall–Kier alpha value is -3.22. The maximum Gasteiger partial charge on any atom is 0.339 e. The molecule has 2 aromatic rings. The van der Waals surface area contributed by atoms with Crippen LogP contribution in [-0.2, 0) is 9.53 Å². The molecule has 1 atom stereocenters. The van der Waals surface area contributed by atoms with Crippen molar-refractivity contribution in [1.29, 1.82) is 0 Å². The molecule has 0 spiro atoms. The van der Waals surface area contributed by atoms with E-state index in [1.54, 1.807) is 42.5 Å². The third kappa shape index (κ3) is 6.40. The highest BCUT2D eigenvalue weighted by Crippen LogP contribution is 2.29. The number of hydrogen-bond donors (Lipinski definition) is 1. The maximum atomic E-state index is 12.5. The van der Waals surface area contributed by atoms with Gasteiger partial charge in [-0.25, -0.2) is 4.79 Å². The summed E-state index contributed by atoms with van der Waals surface area (Å²) in [7, 11) is 1.51. The highest BCUT2D eigenvalue weighted by molar-refractivity contribution is 5.98. The number of para-hydroxylation sites is 2. The van der Waals surface area contributed by atoms with Crippen molar-refractivity contribution in [2.75, 3.05) is 25.6 Å². The minimum atomic E-state index is -1.00. The summed E-state index contributed by atoms with van der Waals surface area (Å²) in [5, 5.41) is 2.70. The van der Waals surface area contributed by atoms with E-state index in [-0.39, 0.29) is 5.56 Å². The van der Waals surface area contributed by atoms with Gasteiger partial charge in [-0.15, -0.1) is 0 Å². The molecule has 0 bridgehead atoms. The third-order valence-electron chi connectivity index (χ3n) is 4.07. The number of hydrogen-bond acceptors (Lipinski definition) is 6. The van der Waals surface area contributed by atoms with E-state index in [4.69, 9.17) is 18.9 Å². The highest BCUT2D eigenvalue weighted by Gasteiger charge is 2.21. The summed E-state index contributed by atoms with van der Waals surface area (Å²) in [5.41, 5.74) is 0.769. The van der Waals surface area contributed by atoms with Crippen LogP contribution in [0.1, 0.15) is 38.1 Å². The molecule has 0 aliphatic rings. The van der Waals surface area contributed by atoms with E-state index in [0.29, 0.717) is 42.1 Å². The first-order valence-corrected chi connectivity index (χ1v) is 9.90. The van der Waals surface area contributed by atoms with Crippen LogP contribution in [0, 0.1) is 5.92 Å². The molecule has 30 heavy (non-hydrogen) atoms. The Morgan fingerprint density at radius 3 is 2.37 bits per heavy atom. The van der Waals surface area contributed by atoms with Crippen LogP contribution < -0.4 is 19.5 Å². The zero-order valence-corrected chi connectivity index (χ0v) is 18.1. The normalized spacial score (nSPS) is 11.5. The monoisotopic (exact) mass is 415 g/mol. The third-order valence-corrected chi connectivity index (χ3v) is 4.07. The Labute approximate surface area is 177 Å². The van der Waals surface area contributed by atoms with E-state index < -0.39 is 18.0 Å². The van der Waals surface area contributed by atoms with Crippen molar-refractivity contribution in [3.05, 3.63) is 48.0 Å². The molecule has 162 valence electrons. The van der Waals surface area contributed by atoms with Crippen LogP contribution in [0.5, 0.6) is 17.2 Å². The van der Waals surface area contributed by atoms with E-state index in [2.05, 4.69) is 5.32 Å². The molecule has 0 heterocycles. The lowest BCUT2D eigenvalue weighted by atomic mass is 10.2. The van der Waals surface area contributed by atoms with Crippen molar-refractivity contribution in [2.24, 2.45) is 5.92 Å². The molecule has 0 aromatic heterocycles. The Kier molecular flexibility index (Phi) is 8.53. The van der Waals surface area contributed by atoms with Gasteiger partial charge in [-0.3, -0.25) is 4.79 Å². The smallest absolute Gasteiger partial charge is 0.339 e. The molecule has 0 aliphatic heterocycles. The van der Waals surface area contributed by atoms with E-state index in [1.807, 2.05) is 20.8 Å². The average Bonchev–Trinajstić information content (AvgIpc) is 2.73. The quantitative estimate of drug-likeness (QED) is 0.582. The van der Waals surface area contributed by atoms with E-state index in [9.17, 15) is 9.59 Å². The molecular formula is C23H29NO6. The minimum Gasteiger partial charge on any atom is -0.495 e. The molecular weight excluding hydrogens is 386 g/mol. The van der Waals surface area contributed by atoms with Gasteiger partial charge >= 0.3 is 5.97 Å². The number of carbonyl (C=O) groups is 2. The number of esters is 1. The van der Waals surface area contributed by atoms with Crippen LogP contribution in [0.4, 0.5) is 5.69 Å². The molecule has 7 nitrogen and oxygen atoms in total. The van der Waals surface area contributed by atoms with Crippen molar-refractivity contribution >= 4 is 17.6 Å². The number of amides is 1. The standard InChI is InChI=1S/C23H29NO6/c1-6-28-21-13-17(11-12-20(21)29-14-15(2)3)23(26)30-16(4)22(25)24-18-9-7-8-10-19(18)27-5/h7-13,15-16H,6,14H2,1-5H3,(H,24,25)/t16-/m1/s1. The van der Waals surface area contributed by atoms with Gasteiger partial charge in [0.2, 0.25) is 0 Å². The van der Waals surface area contributed by atoms with Crippen molar-refractivity contribution in [2.45, 2.75) is 33.8 Å². The SMILES string of the molecule is CCOc1cc(C(=O)O[C@H](C)C(=O)Nc2ccccc2OC)ccc1OCC(C)C. The topological polar surface area (TPSA) is 83.1 Å². The summed E-state index contributed by atoms with van der Waals surface area (Å²) >= 11 is 0. The number of carbonyl (C=O) groups excluding carboxylic acids is 2. The Balaban J connectivity index is 2.06. The van der Waals surface area contributed by atoms with Crippen molar-refractivity contribution in [1.82, 2.24) is 0 Å². The molecule has 0 saturated heterocycles. The first-order valence-electron chi connectivity index (χ1n) is 9.90. The molecule has 1 amide bonds. The van der Waals surface area contributed by atoms with Gasteiger partial charge in [0.15, 0.2) is 17.6 Å². The summed E-state index contributed by atoms with van der Waals surface area (Å²) in [6.07, 6.45) is -1.00. The van der Waals surface area contributed by atoms with Gasteiger partial charge in [0.05, 0.1) is 31.6 Å². The van der Waals surface area contributed by atoms with Crippen LogP contribution in [0.15, 0.2) is 42.5 Å². The van der Waals surface area contributed by atoms with E-state index in [0.717, 1.165) is 0 Å². The van der Waals surface area contributed by atoms with Gasteiger partial charge in [-0.1, -0.05) is 26.0 Å². The first kappa shape index (κ1) is 23.1. The van der Waals surface area contributed by atoms with Gasteiger partial charge in [0, 0.05) is 0 Å². The second kappa shape index (κ2) is 11.1. The van der Waals surface area contributed by atoms with Crippen LogP contribution in [-0.4, -0.2) is 38.3 Å². The number of nitrogens with one attached hydrogen (secondary N) is 1. The second-order valence-corrected chi connectivity index (χ2v) is 7.04. The second-order valence-electron chi connectivity index (χ2n) is 7.04. The molecule has 0 unspecified atom stereocenters. The summed E-state index contributed by atoms with van der Waals surface area (Å²) < 4.78 is 21.9. The average molecular weight is 415 g/mol. The molecule has 2 rings (SSSR count). The molecule has 2 aromatic carbocycles. The fourth-order valence-electron chi connectivity index (χ4n) is 2.54. The summed E-state index contributed by atoms with van der Waals surface area (Å²) in [4.78, 5) is 25.0. The van der Waals surface area contributed by atoms with E-state index in [1.165, 1.54) is 14.0 Å². The highest BCUT2D eigenvalue weighted by atomic mass is 16.5. The lowest BCUT2D eigenvalue weighted by Crippen LogP contribution is -2.30. The van der Waals surface area contributed by atoms with Crippen LogP contribution in [0.25, 0.3) is 0 Å². The van der Waals surface area contributed by atoms with Gasteiger partial charge in [0.25, 0.3) is 5.91 Å².